The summed E-state index contributed by atoms with van der Waals surface area (Å²) in [5.41, 5.74) is -1.42. The molecular formula is C26H23NO8. The van der Waals surface area contributed by atoms with Crippen molar-refractivity contribution in [3.63, 3.8) is 0 Å². The van der Waals surface area contributed by atoms with Gasteiger partial charge in [0.15, 0.2) is 23.1 Å². The highest BCUT2D eigenvalue weighted by molar-refractivity contribution is 6.31. The van der Waals surface area contributed by atoms with Gasteiger partial charge in [0.1, 0.15) is 39.7 Å². The van der Waals surface area contributed by atoms with Crippen LogP contribution in [0.2, 0.25) is 0 Å². The highest BCUT2D eigenvalue weighted by atomic mass is 16.5. The van der Waals surface area contributed by atoms with E-state index in [4.69, 9.17) is 4.74 Å². The third-order valence-corrected chi connectivity index (χ3v) is 6.47. The Bertz CT molecular complexity index is 1450. The highest BCUT2D eigenvalue weighted by Crippen LogP contribution is 2.57. The summed E-state index contributed by atoms with van der Waals surface area (Å²) in [7, 11) is 0. The molecule has 0 amide bonds. The second-order valence-electron chi connectivity index (χ2n) is 8.80. The summed E-state index contributed by atoms with van der Waals surface area (Å²) in [4.78, 5) is 50.8. The van der Waals surface area contributed by atoms with Gasteiger partial charge in [-0.2, -0.15) is 0 Å². The quantitative estimate of drug-likeness (QED) is 0.224. The van der Waals surface area contributed by atoms with Crippen LogP contribution < -0.4 is 10.1 Å². The van der Waals surface area contributed by atoms with Crippen molar-refractivity contribution in [3.05, 3.63) is 63.6 Å². The van der Waals surface area contributed by atoms with Gasteiger partial charge in [0.05, 0.1) is 16.7 Å². The number of fused-ring (bicyclic) bond motifs is 3. The van der Waals surface area contributed by atoms with Crippen molar-refractivity contribution < 1.29 is 39.2 Å². The Morgan fingerprint density at radius 3 is 2.26 bits per heavy atom. The van der Waals surface area contributed by atoms with Gasteiger partial charge in [-0.05, 0) is 52.8 Å². The van der Waals surface area contributed by atoms with Crippen molar-refractivity contribution in [1.29, 1.82) is 0 Å². The van der Waals surface area contributed by atoms with Crippen molar-refractivity contribution in [2.75, 3.05) is 5.32 Å². The molecule has 0 unspecified atom stereocenters. The maximum atomic E-state index is 13.8. The first-order valence-electron chi connectivity index (χ1n) is 10.7. The van der Waals surface area contributed by atoms with Gasteiger partial charge in [-0.25, -0.2) is 0 Å². The van der Waals surface area contributed by atoms with E-state index in [2.05, 4.69) is 5.32 Å². The summed E-state index contributed by atoms with van der Waals surface area (Å²) < 4.78 is 5.74. The first-order valence-corrected chi connectivity index (χ1v) is 10.7. The minimum absolute atomic E-state index is 0.00412. The second kappa shape index (κ2) is 7.83. The van der Waals surface area contributed by atoms with Crippen molar-refractivity contribution in [3.8, 4) is 23.0 Å². The summed E-state index contributed by atoms with van der Waals surface area (Å²) in [6.45, 7) is 6.90. The van der Waals surface area contributed by atoms with E-state index in [0.717, 1.165) is 6.08 Å². The monoisotopic (exact) mass is 477 g/mol. The molecule has 0 bridgehead atoms. The fourth-order valence-corrected chi connectivity index (χ4v) is 4.54. The molecule has 180 valence electrons. The van der Waals surface area contributed by atoms with E-state index < -0.39 is 34.3 Å². The number of benzene rings is 2. The van der Waals surface area contributed by atoms with Gasteiger partial charge in [0.2, 0.25) is 0 Å². The van der Waals surface area contributed by atoms with Gasteiger partial charge < -0.3 is 25.4 Å². The molecule has 1 atom stereocenters. The fourth-order valence-electron chi connectivity index (χ4n) is 4.54. The third-order valence-electron chi connectivity index (χ3n) is 6.47. The fraction of sp³-hybridized carbons (Fsp3) is 0.231. The van der Waals surface area contributed by atoms with Crippen molar-refractivity contribution in [2.45, 2.75) is 40.0 Å². The third kappa shape index (κ3) is 3.30. The Kier molecular flexibility index (Phi) is 5.31. The van der Waals surface area contributed by atoms with E-state index in [1.54, 1.807) is 0 Å². The van der Waals surface area contributed by atoms with Crippen LogP contribution in [0.4, 0.5) is 5.69 Å². The van der Waals surface area contributed by atoms with Gasteiger partial charge in [-0.3, -0.25) is 19.2 Å². The van der Waals surface area contributed by atoms with Crippen molar-refractivity contribution >= 4 is 28.8 Å². The van der Waals surface area contributed by atoms with Crippen LogP contribution in [-0.4, -0.2) is 38.5 Å². The van der Waals surface area contributed by atoms with E-state index in [9.17, 15) is 34.5 Å². The summed E-state index contributed by atoms with van der Waals surface area (Å²) in [5.74, 6) is -3.53. The minimum atomic E-state index is -1.63. The highest BCUT2D eigenvalue weighted by Gasteiger charge is 2.56. The number of ketones is 4. The smallest absolute Gasteiger partial charge is 0.194 e. The molecule has 0 saturated heterocycles. The topological polar surface area (TPSA) is 150 Å². The van der Waals surface area contributed by atoms with Crippen LogP contribution in [0.5, 0.6) is 23.0 Å². The molecule has 35 heavy (non-hydrogen) atoms. The van der Waals surface area contributed by atoms with Crippen LogP contribution in [-0.2, 0) is 15.0 Å². The first kappa shape index (κ1) is 23.7. The van der Waals surface area contributed by atoms with Gasteiger partial charge >= 0.3 is 0 Å². The number of hydrogen-bond acceptors (Lipinski definition) is 9. The van der Waals surface area contributed by atoms with Gasteiger partial charge in [-0.1, -0.05) is 0 Å². The number of nitrogens with one attached hydrogen (secondary N) is 1. The molecular weight excluding hydrogens is 454 g/mol. The van der Waals surface area contributed by atoms with Crippen LogP contribution in [0.25, 0.3) is 0 Å². The summed E-state index contributed by atoms with van der Waals surface area (Å²) in [6, 6.07) is 4.20. The predicted octanol–water partition coefficient (Wildman–Crippen LogP) is 3.59. The molecule has 0 saturated carbocycles. The molecule has 9 heteroatoms. The van der Waals surface area contributed by atoms with Crippen LogP contribution >= 0.6 is 0 Å². The molecule has 1 aliphatic carbocycles. The molecule has 0 spiro atoms. The molecule has 2 aliphatic rings. The second-order valence-corrected chi connectivity index (χ2v) is 8.80. The van der Waals surface area contributed by atoms with E-state index in [0.29, 0.717) is 5.69 Å². The number of phenols is 3. The molecule has 4 rings (SSSR count). The first-order chi connectivity index (χ1) is 16.3. The van der Waals surface area contributed by atoms with Crippen LogP contribution in [0, 0.1) is 6.92 Å². The molecule has 0 fully saturated rings. The van der Waals surface area contributed by atoms with Crippen molar-refractivity contribution in [2.24, 2.45) is 0 Å². The number of carbonyl (C=O) groups excluding carboxylic acids is 4. The Balaban J connectivity index is 1.88. The summed E-state index contributed by atoms with van der Waals surface area (Å²) >= 11 is 0. The average Bonchev–Trinajstić information content (AvgIpc) is 3.06. The Labute approximate surface area is 200 Å². The number of allylic oxidation sites excluding steroid dienone is 4. The number of aromatic hydroxyl groups is 3. The number of carbonyl (C=O) groups is 4. The largest absolute Gasteiger partial charge is 0.507 e. The van der Waals surface area contributed by atoms with E-state index >= 15 is 0 Å². The normalized spacial score (nSPS) is 20.0. The summed E-state index contributed by atoms with van der Waals surface area (Å²) in [6.07, 6.45) is 1.12. The zero-order chi connectivity index (χ0) is 26.0. The van der Waals surface area contributed by atoms with Crippen molar-refractivity contribution in [1.82, 2.24) is 0 Å². The van der Waals surface area contributed by atoms with E-state index in [1.807, 2.05) is 0 Å². The number of ether oxygens (including phenoxy) is 1. The van der Waals surface area contributed by atoms with Crippen LogP contribution in [0.3, 0.4) is 0 Å². The number of rotatable bonds is 4. The zero-order valence-corrected chi connectivity index (χ0v) is 19.7. The van der Waals surface area contributed by atoms with Gasteiger partial charge in [0, 0.05) is 23.0 Å². The maximum absolute atomic E-state index is 13.8. The maximum Gasteiger partial charge on any atom is 0.194 e. The molecule has 4 N–H and O–H groups in total. The lowest BCUT2D eigenvalue weighted by Gasteiger charge is -2.29. The van der Waals surface area contributed by atoms with Crippen LogP contribution in [0.15, 0.2) is 41.3 Å². The number of anilines is 1. The molecule has 1 heterocycles. The number of hydrogen-bond donors (Lipinski definition) is 4. The van der Waals surface area contributed by atoms with Gasteiger partial charge in [-0.15, -0.1) is 0 Å². The molecule has 1 aliphatic heterocycles. The molecule has 0 aromatic heterocycles. The Morgan fingerprint density at radius 1 is 1.00 bits per heavy atom. The predicted molar refractivity (Wildman–Crippen MR) is 125 cm³/mol. The lowest BCUT2D eigenvalue weighted by molar-refractivity contribution is -0.123. The molecule has 0 radical (unpaired) electrons. The SMILES string of the molecule is CC(=O)c1cc(NC(C)=C2C(=O)C=C3Oc4c(C(C)=O)c(O)c(C)c(O)c4[C@@]3(C)C2=O)ccc1O. The van der Waals surface area contributed by atoms with E-state index in [1.165, 1.54) is 52.8 Å². The molecule has 2 aromatic carbocycles. The minimum Gasteiger partial charge on any atom is -0.507 e. The van der Waals surface area contributed by atoms with Crippen LogP contribution in [0.1, 0.15) is 59.5 Å². The standard InChI is InChI=1S/C26H23NO8/c1-10-22(32)20(13(4)29)24-21(23(10)33)26(5)18(35-24)9-17(31)19(25(26)34)11(2)27-14-6-7-16(30)15(8-14)12(3)28/h6-9,27,30,32-33H,1-5H3/t26-/m0/s1. The average molecular weight is 477 g/mol. The van der Waals surface area contributed by atoms with Gasteiger partial charge in [0.25, 0.3) is 0 Å². The lowest BCUT2D eigenvalue weighted by atomic mass is 9.70. The summed E-state index contributed by atoms with van der Waals surface area (Å²) in [5, 5.41) is 34.1. The zero-order valence-electron chi connectivity index (χ0n) is 19.7. The molecule has 2 aromatic rings. The Morgan fingerprint density at radius 2 is 1.66 bits per heavy atom. The number of Topliss-reactive ketones (excluding diaryl/α,β-unsaturated/α-hetero) is 3. The Hall–Kier alpha value is -4.40. The lowest BCUT2D eigenvalue weighted by Crippen LogP contribution is -2.40. The number of phenolic OH excluding ortho intramolecular Hbond substituents is 3. The van der Waals surface area contributed by atoms with E-state index in [-0.39, 0.29) is 56.6 Å². The molecule has 9 nitrogen and oxygen atoms in total.